The molecule has 1 aromatic heterocycles. The molecule has 2 aliphatic heterocycles. The number of hydrogen-bond acceptors (Lipinski definition) is 9. The number of nitrogens with one attached hydrogen (secondary N) is 2. The predicted octanol–water partition coefficient (Wildman–Crippen LogP) is 2.45. The van der Waals surface area contributed by atoms with Gasteiger partial charge in [-0.3, -0.25) is 14.5 Å². The number of alkyl halides is 3. The number of halogens is 3. The molecule has 2 aliphatic rings. The number of carbonyl (C=O) groups is 2. The molecule has 5 rings (SSSR count). The summed E-state index contributed by atoms with van der Waals surface area (Å²) < 4.78 is 47.8. The summed E-state index contributed by atoms with van der Waals surface area (Å²) in [5, 5.41) is 23.2. The molecule has 2 fully saturated rings. The molecule has 2 aromatic carbocycles. The molecule has 2 saturated heterocycles. The van der Waals surface area contributed by atoms with Gasteiger partial charge in [0.15, 0.2) is 5.69 Å². The van der Waals surface area contributed by atoms with E-state index >= 15 is 0 Å². The third-order valence-corrected chi connectivity index (χ3v) is 7.66. The fourth-order valence-electron chi connectivity index (χ4n) is 5.16. The number of carbonyl (C=O) groups excluding carboxylic acids is 2. The van der Waals surface area contributed by atoms with Crippen molar-refractivity contribution < 1.29 is 32.6 Å². The zero-order valence-corrected chi connectivity index (χ0v) is 24.3. The number of nitrogens with zero attached hydrogens (tertiary/aromatic N) is 6. The van der Waals surface area contributed by atoms with Crippen LogP contribution in [0.3, 0.4) is 0 Å². The fraction of sp³-hybridized carbons (Fsp3) is 0.448. The van der Waals surface area contributed by atoms with Crippen molar-refractivity contribution in [3.8, 4) is 11.4 Å². The van der Waals surface area contributed by atoms with E-state index in [1.807, 2.05) is 11.9 Å². The van der Waals surface area contributed by atoms with E-state index in [9.17, 15) is 27.9 Å². The summed E-state index contributed by atoms with van der Waals surface area (Å²) in [4.78, 5) is 32.4. The van der Waals surface area contributed by atoms with Gasteiger partial charge >= 0.3 is 6.18 Å². The van der Waals surface area contributed by atoms with Gasteiger partial charge in [0.2, 0.25) is 0 Å². The molecule has 0 unspecified atom stereocenters. The first-order chi connectivity index (χ1) is 21.1. The van der Waals surface area contributed by atoms with Crippen LogP contribution in [0.1, 0.15) is 32.8 Å². The van der Waals surface area contributed by atoms with Gasteiger partial charge in [-0.15, -0.1) is 5.10 Å². The zero-order valence-electron chi connectivity index (χ0n) is 24.3. The molecular formula is C29H35F3N8O4. The first-order valence-electron chi connectivity index (χ1n) is 14.4. The molecule has 3 N–H and O–H groups in total. The first-order valence-corrected chi connectivity index (χ1v) is 14.4. The lowest BCUT2D eigenvalue weighted by Gasteiger charge is -2.35. The monoisotopic (exact) mass is 616 g/mol. The van der Waals surface area contributed by atoms with E-state index in [4.69, 9.17) is 4.74 Å². The Bertz CT molecular complexity index is 1470. The van der Waals surface area contributed by atoms with Crippen LogP contribution in [0.15, 0.2) is 42.6 Å². The number of rotatable bonds is 9. The standard InChI is InChI=1S/C29H35F3N8O4/c1-37-9-11-39(12-10-37)26-6-3-20(17-24(26)34-27(42)22-5-4-21(41)18-23(22)29(30,31)32)40-19-25(35-36-40)28(43)33-7-2-8-38-13-15-44-16-14-38/h3-6,17-19,41H,2,7-16H2,1H3,(H,33,43)(H,34,42). The highest BCUT2D eigenvalue weighted by Crippen LogP contribution is 2.36. The van der Waals surface area contributed by atoms with Gasteiger partial charge in [0.25, 0.3) is 11.8 Å². The molecule has 44 heavy (non-hydrogen) atoms. The van der Waals surface area contributed by atoms with Crippen molar-refractivity contribution in [1.29, 1.82) is 0 Å². The van der Waals surface area contributed by atoms with Crippen molar-refractivity contribution >= 4 is 23.2 Å². The summed E-state index contributed by atoms with van der Waals surface area (Å²) in [6.45, 7) is 7.29. The van der Waals surface area contributed by atoms with E-state index in [0.717, 1.165) is 51.3 Å². The van der Waals surface area contributed by atoms with Gasteiger partial charge in [0.05, 0.1) is 47.6 Å². The molecule has 3 heterocycles. The number of aromatic nitrogens is 3. The maximum atomic E-state index is 13.7. The number of phenols is 1. The molecule has 0 saturated carbocycles. The number of morpholine rings is 1. The smallest absolute Gasteiger partial charge is 0.417 e. The molecule has 2 amide bonds. The largest absolute Gasteiger partial charge is 0.508 e. The lowest BCUT2D eigenvalue weighted by molar-refractivity contribution is -0.138. The van der Waals surface area contributed by atoms with Crippen LogP contribution in [0.25, 0.3) is 5.69 Å². The van der Waals surface area contributed by atoms with Crippen molar-refractivity contribution in [2.75, 3.05) is 82.8 Å². The van der Waals surface area contributed by atoms with Crippen LogP contribution in [0, 0.1) is 0 Å². The van der Waals surface area contributed by atoms with E-state index in [1.165, 1.54) is 10.9 Å². The number of aromatic hydroxyl groups is 1. The van der Waals surface area contributed by atoms with Crippen molar-refractivity contribution in [3.05, 3.63) is 59.4 Å². The predicted molar refractivity (Wildman–Crippen MR) is 156 cm³/mol. The molecule has 12 nitrogen and oxygen atoms in total. The highest BCUT2D eigenvalue weighted by atomic mass is 19.4. The van der Waals surface area contributed by atoms with Crippen LogP contribution >= 0.6 is 0 Å². The van der Waals surface area contributed by atoms with E-state index < -0.39 is 29.0 Å². The fourth-order valence-corrected chi connectivity index (χ4v) is 5.16. The number of amides is 2. The molecule has 15 heteroatoms. The molecule has 0 atom stereocenters. The maximum absolute atomic E-state index is 13.7. The highest BCUT2D eigenvalue weighted by Gasteiger charge is 2.36. The Labute approximate surface area is 252 Å². The number of anilines is 2. The van der Waals surface area contributed by atoms with Crippen molar-refractivity contribution in [3.63, 3.8) is 0 Å². The van der Waals surface area contributed by atoms with Gasteiger partial charge in [-0.2, -0.15) is 13.2 Å². The van der Waals surface area contributed by atoms with Crippen LogP contribution in [-0.2, 0) is 10.9 Å². The van der Waals surface area contributed by atoms with E-state index in [2.05, 4.69) is 30.7 Å². The van der Waals surface area contributed by atoms with Crippen molar-refractivity contribution in [1.82, 2.24) is 30.1 Å². The third kappa shape index (κ3) is 7.65. The Morgan fingerprint density at radius 3 is 2.48 bits per heavy atom. The topological polar surface area (TPSA) is 128 Å². The zero-order chi connectivity index (χ0) is 31.3. The summed E-state index contributed by atoms with van der Waals surface area (Å²) in [6, 6.07) is 7.58. The summed E-state index contributed by atoms with van der Waals surface area (Å²) in [5.41, 5.74) is -0.436. The molecule has 0 spiro atoms. The number of ether oxygens (including phenoxy) is 1. The molecule has 236 valence electrons. The number of likely N-dealkylation sites (N-methyl/N-ethyl adjacent to an activating group) is 1. The van der Waals surface area contributed by atoms with Gasteiger partial charge in [0, 0.05) is 45.8 Å². The first kappa shape index (κ1) is 31.2. The summed E-state index contributed by atoms with van der Waals surface area (Å²) in [5.74, 6) is -1.97. The molecule has 0 aliphatic carbocycles. The van der Waals surface area contributed by atoms with E-state index in [-0.39, 0.29) is 17.3 Å². The van der Waals surface area contributed by atoms with Crippen LogP contribution in [0.4, 0.5) is 24.5 Å². The number of piperazine rings is 1. The minimum absolute atomic E-state index is 0.101. The average Bonchev–Trinajstić information content (AvgIpc) is 3.50. The third-order valence-electron chi connectivity index (χ3n) is 7.66. The molecule has 0 bridgehead atoms. The van der Waals surface area contributed by atoms with Crippen molar-refractivity contribution in [2.24, 2.45) is 0 Å². The maximum Gasteiger partial charge on any atom is 0.417 e. The Balaban J connectivity index is 1.34. The second kappa shape index (κ2) is 13.6. The minimum atomic E-state index is -4.85. The Morgan fingerprint density at radius 2 is 1.75 bits per heavy atom. The average molecular weight is 617 g/mol. The Hall–Kier alpha value is -4.21. The van der Waals surface area contributed by atoms with Gasteiger partial charge in [-0.25, -0.2) is 4.68 Å². The summed E-state index contributed by atoms with van der Waals surface area (Å²) >= 11 is 0. The lowest BCUT2D eigenvalue weighted by Crippen LogP contribution is -2.44. The van der Waals surface area contributed by atoms with Gasteiger partial charge < -0.3 is 30.3 Å². The van der Waals surface area contributed by atoms with Gasteiger partial charge in [-0.1, -0.05) is 5.21 Å². The van der Waals surface area contributed by atoms with Gasteiger partial charge in [-0.05, 0) is 56.4 Å². The summed E-state index contributed by atoms with van der Waals surface area (Å²) in [6.07, 6.45) is -2.63. The highest BCUT2D eigenvalue weighted by molar-refractivity contribution is 6.07. The molecular weight excluding hydrogens is 581 g/mol. The van der Waals surface area contributed by atoms with E-state index in [0.29, 0.717) is 50.3 Å². The Kier molecular flexibility index (Phi) is 9.66. The normalized spacial score (nSPS) is 16.6. The number of hydrogen-bond donors (Lipinski definition) is 3. The van der Waals surface area contributed by atoms with Crippen molar-refractivity contribution in [2.45, 2.75) is 12.6 Å². The second-order valence-corrected chi connectivity index (χ2v) is 10.8. The molecule has 3 aromatic rings. The molecule has 0 radical (unpaired) electrons. The van der Waals surface area contributed by atoms with Gasteiger partial charge in [0.1, 0.15) is 5.75 Å². The quantitative estimate of drug-likeness (QED) is 0.311. The van der Waals surface area contributed by atoms with E-state index in [1.54, 1.807) is 18.2 Å². The lowest BCUT2D eigenvalue weighted by atomic mass is 10.1. The summed E-state index contributed by atoms with van der Waals surface area (Å²) in [7, 11) is 2.00. The van der Waals surface area contributed by atoms with Crippen LogP contribution in [0.2, 0.25) is 0 Å². The number of phenolic OH excluding ortho intramolecular Hbond substituents is 1. The van der Waals surface area contributed by atoms with Crippen LogP contribution in [-0.4, -0.2) is 114 Å². The van der Waals surface area contributed by atoms with Crippen LogP contribution < -0.4 is 15.5 Å². The Morgan fingerprint density at radius 1 is 1.00 bits per heavy atom. The minimum Gasteiger partial charge on any atom is -0.508 e. The van der Waals surface area contributed by atoms with Crippen LogP contribution in [0.5, 0.6) is 5.75 Å². The SMILES string of the molecule is CN1CCN(c2ccc(-n3cc(C(=O)NCCCN4CCOCC4)nn3)cc2NC(=O)c2ccc(O)cc2C(F)(F)F)CC1. The second-order valence-electron chi connectivity index (χ2n) is 10.8. The number of benzene rings is 2.